The third-order valence-electron chi connectivity index (χ3n) is 3.40. The van der Waals surface area contributed by atoms with E-state index in [9.17, 15) is 0 Å². The SMILES string of the molecule is CCNCC1CCN(CCc2csc(C)n2)C1. The Morgan fingerprint density at radius 3 is 3.18 bits per heavy atom. The molecule has 1 aromatic rings. The van der Waals surface area contributed by atoms with Crippen LogP contribution in [0.2, 0.25) is 0 Å². The van der Waals surface area contributed by atoms with Gasteiger partial charge in [-0.2, -0.15) is 0 Å². The first kappa shape index (κ1) is 13.0. The van der Waals surface area contributed by atoms with Crippen LogP contribution in [-0.2, 0) is 6.42 Å². The molecule has 17 heavy (non-hydrogen) atoms. The van der Waals surface area contributed by atoms with Crippen molar-refractivity contribution in [2.24, 2.45) is 5.92 Å². The molecule has 2 heterocycles. The maximum atomic E-state index is 4.52. The van der Waals surface area contributed by atoms with E-state index in [1.54, 1.807) is 11.3 Å². The van der Waals surface area contributed by atoms with Crippen molar-refractivity contribution in [2.75, 3.05) is 32.7 Å². The van der Waals surface area contributed by atoms with E-state index in [1.807, 2.05) is 0 Å². The van der Waals surface area contributed by atoms with Gasteiger partial charge in [0, 0.05) is 24.9 Å². The van der Waals surface area contributed by atoms with Gasteiger partial charge in [-0.15, -0.1) is 11.3 Å². The Labute approximate surface area is 108 Å². The molecule has 1 atom stereocenters. The molecule has 1 unspecified atom stereocenters. The zero-order chi connectivity index (χ0) is 12.1. The average Bonchev–Trinajstić information content (AvgIpc) is 2.93. The van der Waals surface area contributed by atoms with Crippen molar-refractivity contribution in [3.8, 4) is 0 Å². The summed E-state index contributed by atoms with van der Waals surface area (Å²) >= 11 is 1.76. The van der Waals surface area contributed by atoms with E-state index < -0.39 is 0 Å². The first-order valence-electron chi connectivity index (χ1n) is 6.62. The largest absolute Gasteiger partial charge is 0.317 e. The number of thiazole rings is 1. The highest BCUT2D eigenvalue weighted by atomic mass is 32.1. The molecule has 3 nitrogen and oxygen atoms in total. The minimum absolute atomic E-state index is 0.854. The van der Waals surface area contributed by atoms with Crippen LogP contribution in [0, 0.1) is 12.8 Å². The molecule has 0 spiro atoms. The number of hydrogen-bond acceptors (Lipinski definition) is 4. The molecule has 1 aliphatic rings. The van der Waals surface area contributed by atoms with Crippen molar-refractivity contribution in [1.29, 1.82) is 0 Å². The van der Waals surface area contributed by atoms with Crippen molar-refractivity contribution in [3.05, 3.63) is 16.1 Å². The molecule has 2 rings (SSSR count). The molecule has 4 heteroatoms. The molecule has 1 fully saturated rings. The second-order valence-corrected chi connectivity index (χ2v) is 5.93. The minimum atomic E-state index is 0.854. The summed E-state index contributed by atoms with van der Waals surface area (Å²) in [6, 6.07) is 0. The summed E-state index contributed by atoms with van der Waals surface area (Å²) < 4.78 is 0. The van der Waals surface area contributed by atoms with Gasteiger partial charge in [0.1, 0.15) is 0 Å². The summed E-state index contributed by atoms with van der Waals surface area (Å²) in [5.41, 5.74) is 1.27. The molecule has 1 aromatic heterocycles. The molecular formula is C13H23N3S. The number of aromatic nitrogens is 1. The molecule has 1 N–H and O–H groups in total. The Hall–Kier alpha value is -0.450. The van der Waals surface area contributed by atoms with E-state index >= 15 is 0 Å². The molecule has 0 aromatic carbocycles. The second kappa shape index (κ2) is 6.47. The summed E-state index contributed by atoms with van der Waals surface area (Å²) in [5.74, 6) is 0.854. The van der Waals surface area contributed by atoms with Gasteiger partial charge in [-0.1, -0.05) is 6.92 Å². The summed E-state index contributed by atoms with van der Waals surface area (Å²) in [6.07, 6.45) is 2.46. The van der Waals surface area contributed by atoms with Gasteiger partial charge in [0.05, 0.1) is 10.7 Å². The molecule has 0 aliphatic carbocycles. The number of rotatable bonds is 6. The molecule has 0 amide bonds. The van der Waals surface area contributed by atoms with E-state index in [-0.39, 0.29) is 0 Å². The average molecular weight is 253 g/mol. The number of hydrogen-bond donors (Lipinski definition) is 1. The van der Waals surface area contributed by atoms with Gasteiger partial charge < -0.3 is 10.2 Å². The molecular weight excluding hydrogens is 230 g/mol. The summed E-state index contributed by atoms with van der Waals surface area (Å²) in [4.78, 5) is 7.10. The zero-order valence-electron chi connectivity index (χ0n) is 10.9. The van der Waals surface area contributed by atoms with E-state index in [0.29, 0.717) is 0 Å². The van der Waals surface area contributed by atoms with Gasteiger partial charge in [0.2, 0.25) is 0 Å². The zero-order valence-corrected chi connectivity index (χ0v) is 11.7. The highest BCUT2D eigenvalue weighted by Gasteiger charge is 2.21. The fourth-order valence-electron chi connectivity index (χ4n) is 2.43. The topological polar surface area (TPSA) is 28.2 Å². The lowest BCUT2D eigenvalue weighted by Gasteiger charge is -2.15. The monoisotopic (exact) mass is 253 g/mol. The van der Waals surface area contributed by atoms with E-state index in [1.165, 1.54) is 43.3 Å². The van der Waals surface area contributed by atoms with Crippen LogP contribution in [0.3, 0.4) is 0 Å². The number of likely N-dealkylation sites (tertiary alicyclic amines) is 1. The molecule has 96 valence electrons. The third-order valence-corrected chi connectivity index (χ3v) is 4.23. The first-order valence-corrected chi connectivity index (χ1v) is 7.50. The molecule has 0 radical (unpaired) electrons. The fraction of sp³-hybridized carbons (Fsp3) is 0.769. The van der Waals surface area contributed by atoms with Crippen LogP contribution in [0.4, 0.5) is 0 Å². The van der Waals surface area contributed by atoms with E-state index in [2.05, 4.69) is 34.4 Å². The Kier molecular flexibility index (Phi) is 4.95. The normalized spacial score (nSPS) is 21.2. The quantitative estimate of drug-likeness (QED) is 0.839. The highest BCUT2D eigenvalue weighted by molar-refractivity contribution is 7.09. The van der Waals surface area contributed by atoms with Crippen LogP contribution in [0.5, 0.6) is 0 Å². The summed E-state index contributed by atoms with van der Waals surface area (Å²) in [6.45, 7) is 10.2. The van der Waals surface area contributed by atoms with Crippen LogP contribution in [0.1, 0.15) is 24.0 Å². The predicted molar refractivity (Wildman–Crippen MR) is 73.6 cm³/mol. The molecule has 1 saturated heterocycles. The van der Waals surface area contributed by atoms with Crippen LogP contribution >= 0.6 is 11.3 Å². The summed E-state index contributed by atoms with van der Waals surface area (Å²) in [5, 5.41) is 6.83. The molecule has 1 aliphatic heterocycles. The van der Waals surface area contributed by atoms with Gasteiger partial charge in [0.15, 0.2) is 0 Å². The standard InChI is InChI=1S/C13H23N3S/c1-3-14-8-12-4-6-16(9-12)7-5-13-10-17-11(2)15-13/h10,12,14H,3-9H2,1-2H3. The lowest BCUT2D eigenvalue weighted by atomic mass is 10.1. The van der Waals surface area contributed by atoms with Gasteiger partial charge >= 0.3 is 0 Å². The second-order valence-electron chi connectivity index (χ2n) is 4.87. The van der Waals surface area contributed by atoms with Crippen molar-refractivity contribution >= 4 is 11.3 Å². The van der Waals surface area contributed by atoms with Crippen molar-refractivity contribution in [3.63, 3.8) is 0 Å². The van der Waals surface area contributed by atoms with Gasteiger partial charge in [-0.3, -0.25) is 0 Å². The fourth-order valence-corrected chi connectivity index (χ4v) is 3.07. The maximum absolute atomic E-state index is 4.52. The molecule has 0 saturated carbocycles. The molecule has 0 bridgehead atoms. The van der Waals surface area contributed by atoms with Crippen molar-refractivity contribution in [2.45, 2.75) is 26.7 Å². The maximum Gasteiger partial charge on any atom is 0.0897 e. The Morgan fingerprint density at radius 1 is 1.59 bits per heavy atom. The predicted octanol–water partition coefficient (Wildman–Crippen LogP) is 1.93. The van der Waals surface area contributed by atoms with E-state index in [0.717, 1.165) is 18.9 Å². The van der Waals surface area contributed by atoms with E-state index in [4.69, 9.17) is 0 Å². The van der Waals surface area contributed by atoms with Crippen molar-refractivity contribution in [1.82, 2.24) is 15.2 Å². The highest BCUT2D eigenvalue weighted by Crippen LogP contribution is 2.16. The number of nitrogens with one attached hydrogen (secondary N) is 1. The Bertz CT molecular complexity index is 337. The van der Waals surface area contributed by atoms with Gasteiger partial charge in [0.25, 0.3) is 0 Å². The summed E-state index contributed by atoms with van der Waals surface area (Å²) in [7, 11) is 0. The lowest BCUT2D eigenvalue weighted by Crippen LogP contribution is -2.27. The van der Waals surface area contributed by atoms with Crippen LogP contribution in [-0.4, -0.2) is 42.6 Å². The third kappa shape index (κ3) is 4.05. The van der Waals surface area contributed by atoms with Crippen LogP contribution < -0.4 is 5.32 Å². The first-order chi connectivity index (χ1) is 8.28. The van der Waals surface area contributed by atoms with Gasteiger partial charge in [-0.05, 0) is 38.9 Å². The van der Waals surface area contributed by atoms with Crippen LogP contribution in [0.15, 0.2) is 5.38 Å². The smallest absolute Gasteiger partial charge is 0.0897 e. The lowest BCUT2D eigenvalue weighted by molar-refractivity contribution is 0.325. The Balaban J connectivity index is 1.67. The van der Waals surface area contributed by atoms with Crippen LogP contribution in [0.25, 0.3) is 0 Å². The van der Waals surface area contributed by atoms with Crippen molar-refractivity contribution < 1.29 is 0 Å². The van der Waals surface area contributed by atoms with Gasteiger partial charge in [-0.25, -0.2) is 4.98 Å². The Morgan fingerprint density at radius 2 is 2.47 bits per heavy atom. The number of aryl methyl sites for hydroxylation is 1. The number of nitrogens with zero attached hydrogens (tertiary/aromatic N) is 2. The minimum Gasteiger partial charge on any atom is -0.317 e.